The summed E-state index contributed by atoms with van der Waals surface area (Å²) in [5.74, 6) is -0.364. The molecule has 0 heterocycles. The van der Waals surface area contributed by atoms with Crippen molar-refractivity contribution in [1.29, 1.82) is 0 Å². The summed E-state index contributed by atoms with van der Waals surface area (Å²) < 4.78 is 0. The van der Waals surface area contributed by atoms with E-state index in [1.807, 2.05) is 0 Å². The first-order chi connectivity index (χ1) is 3.68. The van der Waals surface area contributed by atoms with Crippen molar-refractivity contribution in [1.82, 2.24) is 0 Å². The second-order valence-corrected chi connectivity index (χ2v) is 1.53. The molecule has 46 valence electrons. The van der Waals surface area contributed by atoms with Gasteiger partial charge in [-0.05, 0) is 6.92 Å². The van der Waals surface area contributed by atoms with E-state index < -0.39 is 6.10 Å². The topological polar surface area (TPSA) is 54.4 Å². The number of aliphatic hydroxyl groups is 1. The van der Waals surface area contributed by atoms with Gasteiger partial charge in [0.25, 0.3) is 0 Å². The van der Waals surface area contributed by atoms with E-state index >= 15 is 0 Å². The Hall–Kier alpha value is -0.700. The monoisotopic (exact) mass is 116 g/mol. The number of carbonyl (C=O) groups excluding carboxylic acids is 2. The summed E-state index contributed by atoms with van der Waals surface area (Å²) in [5, 5.41) is 8.55. The lowest BCUT2D eigenvalue weighted by Crippen LogP contribution is -2.16. The van der Waals surface area contributed by atoms with Crippen LogP contribution in [0.25, 0.3) is 0 Å². The average Bonchev–Trinajstić information content (AvgIpc) is 1.67. The molecule has 8 heavy (non-hydrogen) atoms. The van der Waals surface area contributed by atoms with Crippen molar-refractivity contribution in [3.05, 3.63) is 0 Å². The molecule has 1 N–H and O–H groups in total. The molecule has 0 spiro atoms. The van der Waals surface area contributed by atoms with Crippen molar-refractivity contribution >= 4 is 12.1 Å². The van der Waals surface area contributed by atoms with Gasteiger partial charge in [-0.25, -0.2) is 0 Å². The minimum atomic E-state index is -1.09. The summed E-state index contributed by atoms with van der Waals surface area (Å²) in [6.07, 6.45) is -0.658. The fraction of sp³-hybridized carbons (Fsp3) is 0.600. The number of Topliss-reactive ketones (excluding diaryl/α,β-unsaturated/α-hetero) is 1. The maximum absolute atomic E-state index is 10.1. The molecular formula is C5H8O3. The van der Waals surface area contributed by atoms with Crippen LogP contribution >= 0.6 is 0 Å². The number of rotatable bonds is 3. The Morgan fingerprint density at radius 3 is 2.50 bits per heavy atom. The highest BCUT2D eigenvalue weighted by atomic mass is 16.3. The van der Waals surface area contributed by atoms with Gasteiger partial charge in [0, 0.05) is 6.42 Å². The quantitative estimate of drug-likeness (QED) is 0.507. The van der Waals surface area contributed by atoms with Crippen LogP contribution in [0.5, 0.6) is 0 Å². The SMILES string of the molecule is CC(=O)[C@@H](O)CC=O. The smallest absolute Gasteiger partial charge is 0.158 e. The lowest BCUT2D eigenvalue weighted by atomic mass is 10.2. The van der Waals surface area contributed by atoms with Crippen molar-refractivity contribution in [3.8, 4) is 0 Å². The summed E-state index contributed by atoms with van der Waals surface area (Å²) in [4.78, 5) is 19.7. The molecular weight excluding hydrogens is 108 g/mol. The lowest BCUT2D eigenvalue weighted by Gasteiger charge is -1.97. The van der Waals surface area contributed by atoms with Crippen molar-refractivity contribution < 1.29 is 14.7 Å². The first kappa shape index (κ1) is 7.30. The van der Waals surface area contributed by atoms with E-state index in [2.05, 4.69) is 0 Å². The first-order valence-electron chi connectivity index (χ1n) is 2.30. The summed E-state index contributed by atoms with van der Waals surface area (Å²) in [6, 6.07) is 0. The Kier molecular flexibility index (Phi) is 3.03. The predicted octanol–water partition coefficient (Wildman–Crippen LogP) is -0.475. The number of aldehydes is 1. The summed E-state index contributed by atoms with van der Waals surface area (Å²) in [7, 11) is 0. The van der Waals surface area contributed by atoms with Gasteiger partial charge in [0.15, 0.2) is 5.78 Å². The first-order valence-corrected chi connectivity index (χ1v) is 2.30. The second-order valence-electron chi connectivity index (χ2n) is 1.53. The molecule has 0 amide bonds. The normalized spacial score (nSPS) is 12.8. The molecule has 3 nitrogen and oxygen atoms in total. The molecule has 0 bridgehead atoms. The molecule has 0 aliphatic carbocycles. The fourth-order valence-electron chi connectivity index (χ4n) is 0.257. The second kappa shape index (κ2) is 3.32. The molecule has 0 fully saturated rings. The van der Waals surface area contributed by atoms with Gasteiger partial charge in [-0.3, -0.25) is 4.79 Å². The van der Waals surface area contributed by atoms with Gasteiger partial charge >= 0.3 is 0 Å². The highest BCUT2D eigenvalue weighted by Crippen LogP contribution is 1.87. The van der Waals surface area contributed by atoms with E-state index in [1.54, 1.807) is 0 Å². The van der Waals surface area contributed by atoms with Crippen LogP contribution in [0.3, 0.4) is 0 Å². The van der Waals surface area contributed by atoms with Gasteiger partial charge in [0.1, 0.15) is 12.4 Å². The Morgan fingerprint density at radius 2 is 2.38 bits per heavy atom. The molecule has 0 aromatic carbocycles. The van der Waals surface area contributed by atoms with Gasteiger partial charge in [-0.2, -0.15) is 0 Å². The number of hydrogen-bond acceptors (Lipinski definition) is 3. The summed E-state index contributed by atoms with van der Waals surface area (Å²) in [6.45, 7) is 1.24. The maximum Gasteiger partial charge on any atom is 0.158 e. The van der Waals surface area contributed by atoms with Crippen LogP contribution in [0.1, 0.15) is 13.3 Å². The number of aliphatic hydroxyl groups excluding tert-OH is 1. The molecule has 0 saturated carbocycles. The zero-order valence-corrected chi connectivity index (χ0v) is 4.63. The van der Waals surface area contributed by atoms with Crippen molar-refractivity contribution in [2.75, 3.05) is 0 Å². The Labute approximate surface area is 47.3 Å². The minimum absolute atomic E-state index is 0.0880. The average molecular weight is 116 g/mol. The molecule has 0 radical (unpaired) electrons. The third-order valence-corrected chi connectivity index (χ3v) is 0.789. The van der Waals surface area contributed by atoms with E-state index in [9.17, 15) is 9.59 Å². The molecule has 0 unspecified atom stereocenters. The third kappa shape index (κ3) is 2.47. The van der Waals surface area contributed by atoms with Crippen LogP contribution < -0.4 is 0 Å². The van der Waals surface area contributed by atoms with Crippen LogP contribution in [-0.4, -0.2) is 23.3 Å². The molecule has 3 heteroatoms. The minimum Gasteiger partial charge on any atom is -0.385 e. The van der Waals surface area contributed by atoms with E-state index in [1.165, 1.54) is 6.92 Å². The third-order valence-electron chi connectivity index (χ3n) is 0.789. The van der Waals surface area contributed by atoms with Gasteiger partial charge in [-0.15, -0.1) is 0 Å². The van der Waals surface area contributed by atoms with Crippen molar-refractivity contribution in [2.45, 2.75) is 19.4 Å². The molecule has 0 aromatic heterocycles. The van der Waals surface area contributed by atoms with Gasteiger partial charge in [-0.1, -0.05) is 0 Å². The Balaban J connectivity index is 3.46. The van der Waals surface area contributed by atoms with Crippen molar-refractivity contribution in [3.63, 3.8) is 0 Å². The largest absolute Gasteiger partial charge is 0.385 e. The molecule has 0 saturated heterocycles. The van der Waals surface area contributed by atoms with Gasteiger partial charge in [0.2, 0.25) is 0 Å². The van der Waals surface area contributed by atoms with Crippen LogP contribution in [0, 0.1) is 0 Å². The maximum atomic E-state index is 10.1. The number of ketones is 1. The molecule has 0 aromatic rings. The number of carbonyl (C=O) groups is 2. The zero-order valence-electron chi connectivity index (χ0n) is 4.63. The molecule has 0 aliphatic rings. The van der Waals surface area contributed by atoms with E-state index in [4.69, 9.17) is 5.11 Å². The van der Waals surface area contributed by atoms with Crippen molar-refractivity contribution in [2.24, 2.45) is 0 Å². The number of hydrogen-bond donors (Lipinski definition) is 1. The predicted molar refractivity (Wildman–Crippen MR) is 27.4 cm³/mol. The summed E-state index contributed by atoms with van der Waals surface area (Å²) in [5.41, 5.74) is 0. The lowest BCUT2D eigenvalue weighted by molar-refractivity contribution is -0.127. The molecule has 1 atom stereocenters. The molecule has 0 aliphatic heterocycles. The fourth-order valence-corrected chi connectivity index (χ4v) is 0.257. The van der Waals surface area contributed by atoms with Gasteiger partial charge < -0.3 is 9.90 Å². The molecule has 0 rings (SSSR count). The Bertz CT molecular complexity index is 97.8. The van der Waals surface area contributed by atoms with Crippen LogP contribution in [0.4, 0.5) is 0 Å². The van der Waals surface area contributed by atoms with Crippen LogP contribution in [0.2, 0.25) is 0 Å². The standard InChI is InChI=1S/C5H8O3/c1-4(7)5(8)2-3-6/h3,5,8H,2H2,1H3/t5-/m0/s1. The highest BCUT2D eigenvalue weighted by molar-refractivity contribution is 5.82. The highest BCUT2D eigenvalue weighted by Gasteiger charge is 2.06. The van der Waals surface area contributed by atoms with E-state index in [0.29, 0.717) is 6.29 Å². The van der Waals surface area contributed by atoms with Crippen LogP contribution in [0.15, 0.2) is 0 Å². The van der Waals surface area contributed by atoms with E-state index in [-0.39, 0.29) is 12.2 Å². The van der Waals surface area contributed by atoms with Crippen LogP contribution in [-0.2, 0) is 9.59 Å². The van der Waals surface area contributed by atoms with Gasteiger partial charge in [0.05, 0.1) is 0 Å². The summed E-state index contributed by atoms with van der Waals surface area (Å²) >= 11 is 0. The Morgan fingerprint density at radius 1 is 1.88 bits per heavy atom. The zero-order chi connectivity index (χ0) is 6.57. The van der Waals surface area contributed by atoms with E-state index in [0.717, 1.165) is 0 Å².